The molecule has 0 radical (unpaired) electrons. The summed E-state index contributed by atoms with van der Waals surface area (Å²) in [5.41, 5.74) is 2.74. The van der Waals surface area contributed by atoms with Crippen LogP contribution in [0.3, 0.4) is 0 Å². The molecular weight excluding hydrogens is 538 g/mol. The van der Waals surface area contributed by atoms with Gasteiger partial charge in [-0.25, -0.2) is 0 Å². The van der Waals surface area contributed by atoms with Crippen LogP contribution in [0, 0.1) is 0 Å². The Morgan fingerprint density at radius 2 is 1.74 bits per heavy atom. The van der Waals surface area contributed by atoms with E-state index in [9.17, 15) is 14.4 Å². The summed E-state index contributed by atoms with van der Waals surface area (Å²) >= 11 is 0. The lowest BCUT2D eigenvalue weighted by molar-refractivity contribution is -0.136. The number of likely N-dealkylation sites (tertiary alicyclic amines) is 1. The Kier molecular flexibility index (Phi) is 9.55. The molecule has 0 aromatic heterocycles. The number of rotatable bonds is 5. The molecule has 3 aromatic rings. The molecule has 2 N–H and O–H groups in total. The Labute approximate surface area is 244 Å². The van der Waals surface area contributed by atoms with Crippen LogP contribution in [0.1, 0.15) is 23.1 Å². The van der Waals surface area contributed by atoms with Crippen molar-refractivity contribution < 1.29 is 33.3 Å². The molecule has 3 heterocycles. The first kappa shape index (κ1) is 28.9. The summed E-state index contributed by atoms with van der Waals surface area (Å²) < 4.78 is 23.1. The van der Waals surface area contributed by atoms with Crippen LogP contribution in [0.5, 0.6) is 17.2 Å². The third-order valence-electron chi connectivity index (χ3n) is 7.23. The molecule has 3 amide bonds. The highest BCUT2D eigenvalue weighted by Gasteiger charge is 2.37. The van der Waals surface area contributed by atoms with Crippen LogP contribution in [0.25, 0.3) is 0 Å². The average Bonchev–Trinajstić information content (AvgIpc) is 3.40. The molecule has 1 fully saturated rings. The van der Waals surface area contributed by atoms with Crippen molar-refractivity contribution in [1.82, 2.24) is 15.5 Å². The molecule has 42 heavy (non-hydrogen) atoms. The molecule has 0 spiro atoms. The van der Waals surface area contributed by atoms with Crippen molar-refractivity contribution in [3.63, 3.8) is 0 Å². The predicted octanol–water partition coefficient (Wildman–Crippen LogP) is 2.63. The topological polar surface area (TPSA) is 115 Å². The van der Waals surface area contributed by atoms with E-state index in [-0.39, 0.29) is 37.4 Å². The molecule has 6 rings (SSSR count). The highest BCUT2D eigenvalue weighted by atomic mass is 16.5. The third-order valence-corrected chi connectivity index (χ3v) is 7.23. The van der Waals surface area contributed by atoms with Crippen molar-refractivity contribution in [3.8, 4) is 17.2 Å². The summed E-state index contributed by atoms with van der Waals surface area (Å²) in [6.45, 7) is 1.06. The number of methoxy groups -OCH3 is 1. The molecule has 0 unspecified atom stereocenters. The van der Waals surface area contributed by atoms with Crippen molar-refractivity contribution in [2.24, 2.45) is 0 Å². The fraction of sp³-hybridized carbons (Fsp3) is 0.344. The van der Waals surface area contributed by atoms with Crippen LogP contribution >= 0.6 is 0 Å². The summed E-state index contributed by atoms with van der Waals surface area (Å²) in [4.78, 5) is 40.2. The molecule has 10 heteroatoms. The zero-order chi connectivity index (χ0) is 29.3. The van der Waals surface area contributed by atoms with Gasteiger partial charge in [0.05, 0.1) is 26.3 Å². The molecule has 2 atom stereocenters. The van der Waals surface area contributed by atoms with Gasteiger partial charge in [-0.3, -0.25) is 14.4 Å². The van der Waals surface area contributed by atoms with Gasteiger partial charge in [-0.05, 0) is 47.4 Å². The van der Waals surface area contributed by atoms with Gasteiger partial charge in [-0.1, -0.05) is 48.5 Å². The van der Waals surface area contributed by atoms with Gasteiger partial charge in [0.15, 0.2) is 18.1 Å². The van der Waals surface area contributed by atoms with Crippen molar-refractivity contribution in [2.45, 2.75) is 38.1 Å². The van der Waals surface area contributed by atoms with E-state index in [1.807, 2.05) is 60.7 Å². The van der Waals surface area contributed by atoms with Gasteiger partial charge in [0.25, 0.3) is 5.91 Å². The molecule has 0 aliphatic carbocycles. The summed E-state index contributed by atoms with van der Waals surface area (Å²) in [6.07, 6.45) is 0.229. The Hall–Kier alpha value is -4.57. The standard InChI is InChI=1S/C32H35N3O7/c1-39-27-13-9-22-10-14-30(36)34-26-17-35(32(38)21-40-19-24-5-3-2-4-6-24)18-29(26)42-25-11-7-23(8-12-25)16-33-31(37)20-41-28(27)15-22/h2-9,11-13,15,26,29H,10,14,16-21H2,1H3,(H,33,37)(H,34,36)/t26-,29-/m0/s1. The number of ether oxygens (including phenoxy) is 4. The SMILES string of the molecule is COc1ccc2cc1OCC(=O)NCc1ccc(cc1)O[C@H]1CN(C(=O)COCc3ccccc3)C[C@@H]1NC(=O)CC2. The number of aryl methyl sites for hydroxylation is 1. The lowest BCUT2D eigenvalue weighted by atomic mass is 10.1. The van der Waals surface area contributed by atoms with Crippen molar-refractivity contribution in [3.05, 3.63) is 89.5 Å². The molecule has 3 aliphatic rings. The van der Waals surface area contributed by atoms with E-state index in [2.05, 4.69) is 10.6 Å². The number of nitrogens with one attached hydrogen (secondary N) is 2. The number of benzene rings is 3. The largest absolute Gasteiger partial charge is 0.493 e. The van der Waals surface area contributed by atoms with E-state index >= 15 is 0 Å². The van der Waals surface area contributed by atoms with Gasteiger partial charge in [0, 0.05) is 19.5 Å². The van der Waals surface area contributed by atoms with Gasteiger partial charge in [-0.15, -0.1) is 0 Å². The molecule has 3 aliphatic heterocycles. The van der Waals surface area contributed by atoms with Crippen LogP contribution in [0.2, 0.25) is 0 Å². The van der Waals surface area contributed by atoms with Gasteiger partial charge >= 0.3 is 0 Å². The number of hydrogen-bond acceptors (Lipinski definition) is 7. The van der Waals surface area contributed by atoms with Gasteiger partial charge in [0.2, 0.25) is 11.8 Å². The molecule has 0 saturated carbocycles. The van der Waals surface area contributed by atoms with E-state index < -0.39 is 12.1 Å². The molecule has 4 bridgehead atoms. The number of amides is 3. The highest BCUT2D eigenvalue weighted by molar-refractivity contribution is 5.79. The van der Waals surface area contributed by atoms with Crippen LogP contribution in [-0.2, 0) is 38.7 Å². The quantitative estimate of drug-likeness (QED) is 0.482. The Bertz CT molecular complexity index is 1380. The van der Waals surface area contributed by atoms with Crippen molar-refractivity contribution in [2.75, 3.05) is 33.4 Å². The first-order valence-electron chi connectivity index (χ1n) is 14.0. The molecule has 10 nitrogen and oxygen atoms in total. The highest BCUT2D eigenvalue weighted by Crippen LogP contribution is 2.29. The Morgan fingerprint density at radius 1 is 0.952 bits per heavy atom. The second-order valence-corrected chi connectivity index (χ2v) is 10.3. The summed E-state index contributed by atoms with van der Waals surface area (Å²) in [5.74, 6) is 0.943. The van der Waals surface area contributed by atoms with E-state index in [1.54, 1.807) is 17.0 Å². The maximum absolute atomic E-state index is 13.0. The monoisotopic (exact) mass is 573 g/mol. The second-order valence-electron chi connectivity index (χ2n) is 10.3. The van der Waals surface area contributed by atoms with Crippen LogP contribution in [-0.4, -0.2) is 68.2 Å². The normalized spacial score (nSPS) is 19.2. The van der Waals surface area contributed by atoms with E-state index in [1.165, 1.54) is 7.11 Å². The maximum Gasteiger partial charge on any atom is 0.258 e. The Balaban J connectivity index is 1.29. The zero-order valence-corrected chi connectivity index (χ0v) is 23.5. The van der Waals surface area contributed by atoms with Gasteiger partial charge in [-0.2, -0.15) is 0 Å². The summed E-state index contributed by atoms with van der Waals surface area (Å²) in [7, 11) is 1.53. The number of carbonyl (C=O) groups excluding carboxylic acids is 3. The summed E-state index contributed by atoms with van der Waals surface area (Å²) in [6, 6.07) is 22.0. The van der Waals surface area contributed by atoms with E-state index in [4.69, 9.17) is 18.9 Å². The van der Waals surface area contributed by atoms with Gasteiger partial charge < -0.3 is 34.5 Å². The Morgan fingerprint density at radius 3 is 2.52 bits per heavy atom. The smallest absolute Gasteiger partial charge is 0.258 e. The minimum absolute atomic E-state index is 0.0649. The minimum atomic E-state index is -0.444. The lowest BCUT2D eigenvalue weighted by Crippen LogP contribution is -2.45. The van der Waals surface area contributed by atoms with Crippen LogP contribution < -0.4 is 24.8 Å². The van der Waals surface area contributed by atoms with Crippen LogP contribution in [0.15, 0.2) is 72.8 Å². The van der Waals surface area contributed by atoms with E-state index in [0.717, 1.165) is 16.7 Å². The van der Waals surface area contributed by atoms with Crippen LogP contribution in [0.4, 0.5) is 0 Å². The van der Waals surface area contributed by atoms with Crippen molar-refractivity contribution in [1.29, 1.82) is 0 Å². The first-order valence-corrected chi connectivity index (χ1v) is 14.0. The lowest BCUT2D eigenvalue weighted by Gasteiger charge is -2.21. The summed E-state index contributed by atoms with van der Waals surface area (Å²) in [5, 5.41) is 5.93. The van der Waals surface area contributed by atoms with Gasteiger partial charge in [0.1, 0.15) is 18.5 Å². The first-order chi connectivity index (χ1) is 20.5. The fourth-order valence-electron chi connectivity index (χ4n) is 4.94. The fourth-order valence-corrected chi connectivity index (χ4v) is 4.94. The minimum Gasteiger partial charge on any atom is -0.493 e. The second kappa shape index (κ2) is 13.9. The van der Waals surface area contributed by atoms with Crippen molar-refractivity contribution >= 4 is 17.7 Å². The number of nitrogens with zero attached hydrogens (tertiary/aromatic N) is 1. The number of hydrogen-bond donors (Lipinski definition) is 2. The third kappa shape index (κ3) is 7.79. The zero-order valence-electron chi connectivity index (χ0n) is 23.5. The maximum atomic E-state index is 13.0. The molecular formula is C32H35N3O7. The number of fused-ring (bicyclic) bond motifs is 9. The molecule has 3 aromatic carbocycles. The van der Waals surface area contributed by atoms with E-state index in [0.29, 0.717) is 49.9 Å². The molecule has 1 saturated heterocycles. The molecule has 220 valence electrons. The predicted molar refractivity (Wildman–Crippen MR) is 154 cm³/mol. The number of carbonyl (C=O) groups is 3. The average molecular weight is 574 g/mol.